The molecular weight excluding hydrogens is 350 g/mol. The first-order valence-electron chi connectivity index (χ1n) is 8.24. The zero-order chi connectivity index (χ0) is 19.4. The van der Waals surface area contributed by atoms with Crippen molar-refractivity contribution in [1.82, 2.24) is 15.0 Å². The first-order valence-corrected chi connectivity index (χ1v) is 8.24. The van der Waals surface area contributed by atoms with Crippen LogP contribution in [0.4, 0.5) is 11.5 Å². The summed E-state index contributed by atoms with van der Waals surface area (Å²) in [6, 6.07) is 15.3. The van der Waals surface area contributed by atoms with Crippen molar-refractivity contribution in [3.05, 3.63) is 76.0 Å². The molecule has 0 atom stereocenters. The number of nitro benzene ring substituents is 1. The van der Waals surface area contributed by atoms with Gasteiger partial charge >= 0.3 is 5.97 Å². The highest BCUT2D eigenvalue weighted by atomic mass is 16.6. The summed E-state index contributed by atoms with van der Waals surface area (Å²) < 4.78 is 0. The number of hydrogen-bond acceptors (Lipinski definition) is 6. The van der Waals surface area contributed by atoms with Crippen molar-refractivity contribution in [1.29, 1.82) is 0 Å². The van der Waals surface area contributed by atoms with Gasteiger partial charge in [0.2, 0.25) is 5.69 Å². The fourth-order valence-corrected chi connectivity index (χ4v) is 2.64. The predicted octanol–water partition coefficient (Wildman–Crippen LogP) is 2.90. The second-order valence-electron chi connectivity index (χ2n) is 5.74. The number of aromatic carboxylic acids is 1. The largest absolute Gasteiger partial charge is 0.476 e. The van der Waals surface area contributed by atoms with E-state index in [1.54, 1.807) is 11.0 Å². The van der Waals surface area contributed by atoms with Crippen LogP contribution in [0.5, 0.6) is 0 Å². The molecule has 3 rings (SSSR count). The number of benzene rings is 2. The topological polar surface area (TPSA) is 114 Å². The Morgan fingerprint density at radius 1 is 1.19 bits per heavy atom. The highest BCUT2D eigenvalue weighted by molar-refractivity contribution is 5.91. The number of anilines is 1. The summed E-state index contributed by atoms with van der Waals surface area (Å²) in [4.78, 5) is 25.0. The standard InChI is InChI=1S/C18H17N5O4/c1-2-21(12-13-7-4-3-5-8-13)17-16(18(24)25)19-22(20-17)14-9-6-10-15(11-14)23(26)27/h3-11H,2,12H2,1H3,(H,24,25). The molecule has 3 aromatic rings. The maximum atomic E-state index is 11.7. The van der Waals surface area contributed by atoms with Crippen LogP contribution >= 0.6 is 0 Å². The Morgan fingerprint density at radius 3 is 2.56 bits per heavy atom. The zero-order valence-corrected chi connectivity index (χ0v) is 14.5. The molecule has 27 heavy (non-hydrogen) atoms. The fourth-order valence-electron chi connectivity index (χ4n) is 2.64. The molecule has 1 N–H and O–H groups in total. The second kappa shape index (κ2) is 7.65. The number of carboxylic acids is 1. The average Bonchev–Trinajstić information content (AvgIpc) is 3.12. The number of nitro groups is 1. The lowest BCUT2D eigenvalue weighted by Crippen LogP contribution is -2.24. The van der Waals surface area contributed by atoms with E-state index >= 15 is 0 Å². The zero-order valence-electron chi connectivity index (χ0n) is 14.5. The molecule has 9 nitrogen and oxygen atoms in total. The summed E-state index contributed by atoms with van der Waals surface area (Å²) in [5, 5.41) is 28.8. The average molecular weight is 367 g/mol. The minimum atomic E-state index is -1.21. The lowest BCUT2D eigenvalue weighted by molar-refractivity contribution is -0.384. The lowest BCUT2D eigenvalue weighted by atomic mass is 10.2. The normalized spacial score (nSPS) is 10.6. The van der Waals surface area contributed by atoms with Crippen molar-refractivity contribution >= 4 is 17.5 Å². The SMILES string of the molecule is CCN(Cc1ccccc1)c1nn(-c2cccc([N+](=O)[O-])c2)nc1C(=O)O. The molecule has 0 saturated heterocycles. The number of rotatable bonds is 7. The quantitative estimate of drug-likeness (QED) is 0.504. The minimum absolute atomic E-state index is 0.125. The van der Waals surface area contributed by atoms with E-state index in [4.69, 9.17) is 0 Å². The molecule has 0 radical (unpaired) electrons. The Morgan fingerprint density at radius 2 is 1.93 bits per heavy atom. The van der Waals surface area contributed by atoms with Crippen LogP contribution in [0, 0.1) is 10.1 Å². The maximum Gasteiger partial charge on any atom is 0.360 e. The van der Waals surface area contributed by atoms with Crippen molar-refractivity contribution in [2.75, 3.05) is 11.4 Å². The molecule has 0 bridgehead atoms. The first-order chi connectivity index (χ1) is 13.0. The lowest BCUT2D eigenvalue weighted by Gasteiger charge is -2.20. The molecule has 138 valence electrons. The van der Waals surface area contributed by atoms with Gasteiger partial charge in [0.25, 0.3) is 5.69 Å². The third-order valence-corrected chi connectivity index (χ3v) is 3.97. The molecule has 0 aliphatic rings. The molecule has 0 aliphatic heterocycles. The molecule has 9 heteroatoms. The first kappa shape index (κ1) is 18.1. The molecule has 1 heterocycles. The van der Waals surface area contributed by atoms with Gasteiger partial charge in [0.1, 0.15) is 0 Å². The minimum Gasteiger partial charge on any atom is -0.476 e. The smallest absolute Gasteiger partial charge is 0.360 e. The van der Waals surface area contributed by atoms with E-state index in [1.165, 1.54) is 18.2 Å². The second-order valence-corrected chi connectivity index (χ2v) is 5.74. The van der Waals surface area contributed by atoms with E-state index in [0.29, 0.717) is 18.8 Å². The highest BCUT2D eigenvalue weighted by Gasteiger charge is 2.23. The van der Waals surface area contributed by atoms with Gasteiger partial charge in [-0.05, 0) is 18.6 Å². The van der Waals surface area contributed by atoms with Crippen molar-refractivity contribution in [3.8, 4) is 5.69 Å². The van der Waals surface area contributed by atoms with Gasteiger partial charge in [-0.2, -0.15) is 0 Å². The molecular formula is C18H17N5O4. The molecule has 2 aromatic carbocycles. The van der Waals surface area contributed by atoms with Crippen molar-refractivity contribution in [2.45, 2.75) is 13.5 Å². The number of hydrogen-bond donors (Lipinski definition) is 1. The van der Waals surface area contributed by atoms with E-state index in [0.717, 1.165) is 10.4 Å². The van der Waals surface area contributed by atoms with Crippen LogP contribution in [-0.2, 0) is 6.54 Å². The summed E-state index contributed by atoms with van der Waals surface area (Å²) in [7, 11) is 0. The van der Waals surface area contributed by atoms with Crippen molar-refractivity contribution < 1.29 is 14.8 Å². The van der Waals surface area contributed by atoms with Crippen LogP contribution < -0.4 is 4.90 Å². The number of carbonyl (C=O) groups is 1. The van der Waals surface area contributed by atoms with E-state index < -0.39 is 10.9 Å². The number of nitrogens with zero attached hydrogens (tertiary/aromatic N) is 5. The monoisotopic (exact) mass is 367 g/mol. The van der Waals surface area contributed by atoms with Gasteiger partial charge in [-0.25, -0.2) is 4.79 Å². The van der Waals surface area contributed by atoms with Crippen LogP contribution in [0.25, 0.3) is 5.69 Å². The van der Waals surface area contributed by atoms with Crippen LogP contribution in [0.1, 0.15) is 23.0 Å². The Labute approximate surface area is 154 Å². The summed E-state index contributed by atoms with van der Waals surface area (Å²) in [5.74, 6) is -1.01. The molecule has 0 fully saturated rings. The fraction of sp³-hybridized carbons (Fsp3) is 0.167. The van der Waals surface area contributed by atoms with E-state index in [9.17, 15) is 20.0 Å². The molecule has 0 unspecified atom stereocenters. The molecule has 1 aromatic heterocycles. The maximum absolute atomic E-state index is 11.7. The Hall–Kier alpha value is -3.75. The number of carboxylic acid groups (broad SMARTS) is 1. The van der Waals surface area contributed by atoms with E-state index in [-0.39, 0.29) is 17.2 Å². The Bertz CT molecular complexity index is 971. The third-order valence-electron chi connectivity index (χ3n) is 3.97. The summed E-state index contributed by atoms with van der Waals surface area (Å²) in [5.41, 5.74) is 0.980. The van der Waals surface area contributed by atoms with Gasteiger partial charge < -0.3 is 10.0 Å². The predicted molar refractivity (Wildman–Crippen MR) is 98.1 cm³/mol. The van der Waals surface area contributed by atoms with Gasteiger partial charge in [-0.15, -0.1) is 15.0 Å². The van der Waals surface area contributed by atoms with Gasteiger partial charge in [0.05, 0.1) is 10.6 Å². The number of aromatic nitrogens is 3. The molecule has 0 amide bonds. The summed E-state index contributed by atoms with van der Waals surface area (Å²) in [6.45, 7) is 2.87. The van der Waals surface area contributed by atoms with Gasteiger partial charge in [-0.1, -0.05) is 36.4 Å². The van der Waals surface area contributed by atoms with Crippen LogP contribution in [-0.4, -0.2) is 37.5 Å². The van der Waals surface area contributed by atoms with Crippen molar-refractivity contribution in [2.24, 2.45) is 0 Å². The van der Waals surface area contributed by atoms with Gasteiger partial charge in [-0.3, -0.25) is 10.1 Å². The van der Waals surface area contributed by atoms with E-state index in [1.807, 2.05) is 37.3 Å². The van der Waals surface area contributed by atoms with Crippen molar-refractivity contribution in [3.63, 3.8) is 0 Å². The van der Waals surface area contributed by atoms with Gasteiger partial charge in [0, 0.05) is 25.2 Å². The van der Waals surface area contributed by atoms with Crippen LogP contribution in [0.2, 0.25) is 0 Å². The highest BCUT2D eigenvalue weighted by Crippen LogP contribution is 2.22. The summed E-state index contributed by atoms with van der Waals surface area (Å²) in [6.07, 6.45) is 0. The molecule has 0 saturated carbocycles. The number of non-ortho nitro benzene ring substituents is 1. The Kier molecular flexibility index (Phi) is 5.11. The molecule has 0 spiro atoms. The van der Waals surface area contributed by atoms with Gasteiger partial charge in [0.15, 0.2) is 5.82 Å². The summed E-state index contributed by atoms with van der Waals surface area (Å²) >= 11 is 0. The third kappa shape index (κ3) is 3.92. The van der Waals surface area contributed by atoms with Crippen LogP contribution in [0.3, 0.4) is 0 Å². The van der Waals surface area contributed by atoms with E-state index in [2.05, 4.69) is 10.2 Å². The Balaban J connectivity index is 2.01. The molecule has 0 aliphatic carbocycles. The van der Waals surface area contributed by atoms with Crippen LogP contribution in [0.15, 0.2) is 54.6 Å².